The second-order valence-corrected chi connectivity index (χ2v) is 24.2. The van der Waals surface area contributed by atoms with Gasteiger partial charge in [0.1, 0.15) is 43.8 Å². The van der Waals surface area contributed by atoms with Crippen molar-refractivity contribution in [2.75, 3.05) is 0 Å². The van der Waals surface area contributed by atoms with Crippen molar-refractivity contribution < 1.29 is 10.0 Å². The number of nitriles is 1. The average Bonchev–Trinajstić information content (AvgIpc) is 1.66. The molecule has 15 rings (SSSR count). The SMILES string of the molecule is Cc1nn(C(c2ccccc2)(c2ccccc2)c2ccccc2)c2cc(Cl)nc(/C=N/O)c12.Cc1nn(C(c2ccccc2)(c2ccccc2)c2ccccc2)c2cc(Cl)nc(C#N)c12.Cc1nn(C(c2ccccc2)(c2ccccc2)c2ccccc2)c2cc(Cl)nc(C=O)c12. The van der Waals surface area contributed by atoms with Crippen molar-refractivity contribution in [1.29, 1.82) is 5.26 Å². The zero-order valence-corrected chi connectivity index (χ0v) is 55.0. The summed E-state index contributed by atoms with van der Waals surface area (Å²) in [7, 11) is 0. The summed E-state index contributed by atoms with van der Waals surface area (Å²) in [6.45, 7) is 5.73. The van der Waals surface area contributed by atoms with Gasteiger partial charge in [0, 0.05) is 18.2 Å². The molecule has 0 unspecified atom stereocenters. The number of oxime groups is 1. The van der Waals surface area contributed by atoms with E-state index in [2.05, 4.69) is 135 Å². The number of fused-ring (bicyclic) bond motifs is 3. The van der Waals surface area contributed by atoms with Crippen LogP contribution in [0.1, 0.15) is 89.0 Å². The number of rotatable bonds is 14. The van der Waals surface area contributed by atoms with Gasteiger partial charge in [0.05, 0.1) is 61.7 Å². The summed E-state index contributed by atoms with van der Waals surface area (Å²) in [5.74, 6) is 0. The first kappa shape index (κ1) is 64.1. The maximum absolute atomic E-state index is 11.8. The van der Waals surface area contributed by atoms with Crippen molar-refractivity contribution in [3.63, 3.8) is 0 Å². The van der Waals surface area contributed by atoms with Gasteiger partial charge in [0.25, 0.3) is 0 Å². The van der Waals surface area contributed by atoms with Crippen molar-refractivity contribution in [1.82, 2.24) is 44.3 Å². The second kappa shape index (κ2) is 27.7. The average molecular weight is 1330 g/mol. The van der Waals surface area contributed by atoms with E-state index >= 15 is 0 Å². The number of aryl methyl sites for hydroxylation is 3. The first-order valence-corrected chi connectivity index (χ1v) is 32.3. The molecule has 16 heteroatoms. The number of hydrogen-bond acceptors (Lipinski definition) is 10. The molecule has 0 atom stereocenters. The third kappa shape index (κ3) is 11.5. The molecule has 15 aromatic rings. The second-order valence-electron chi connectivity index (χ2n) is 23.0. The molecule has 13 nitrogen and oxygen atoms in total. The third-order valence-corrected chi connectivity index (χ3v) is 18.1. The third-order valence-electron chi connectivity index (χ3n) is 17.6. The molecule has 0 aliphatic rings. The first-order valence-electron chi connectivity index (χ1n) is 31.2. The van der Waals surface area contributed by atoms with Gasteiger partial charge in [0.15, 0.2) is 12.0 Å². The van der Waals surface area contributed by atoms with E-state index < -0.39 is 16.6 Å². The lowest BCUT2D eigenvalue weighted by atomic mass is 9.77. The van der Waals surface area contributed by atoms with Crippen LogP contribution in [0.25, 0.3) is 32.7 Å². The lowest BCUT2D eigenvalue weighted by Crippen LogP contribution is -2.38. The zero-order valence-electron chi connectivity index (χ0n) is 52.8. The molecular weight excluding hydrogens is 1270 g/mol. The van der Waals surface area contributed by atoms with Crippen LogP contribution in [0, 0.1) is 32.1 Å². The van der Waals surface area contributed by atoms with Crippen molar-refractivity contribution in [2.24, 2.45) is 5.16 Å². The summed E-state index contributed by atoms with van der Waals surface area (Å²) in [5.41, 5.74) is 12.6. The molecule has 0 aliphatic heterocycles. The number of aromatic nitrogens is 9. The van der Waals surface area contributed by atoms with Crippen LogP contribution >= 0.6 is 34.8 Å². The lowest BCUT2D eigenvalue weighted by molar-refractivity contribution is 0.112. The Kier molecular flexibility index (Phi) is 18.3. The van der Waals surface area contributed by atoms with Crippen LogP contribution in [0.5, 0.6) is 0 Å². The predicted molar refractivity (Wildman–Crippen MR) is 385 cm³/mol. The van der Waals surface area contributed by atoms with E-state index in [9.17, 15) is 15.3 Å². The van der Waals surface area contributed by atoms with Crippen LogP contribution in [-0.2, 0) is 16.6 Å². The van der Waals surface area contributed by atoms with E-state index in [4.69, 9.17) is 50.1 Å². The minimum absolute atomic E-state index is 0.254. The molecule has 0 spiro atoms. The maximum Gasteiger partial charge on any atom is 0.169 e. The number of benzene rings is 9. The van der Waals surface area contributed by atoms with Crippen LogP contribution in [0.15, 0.2) is 296 Å². The van der Waals surface area contributed by atoms with E-state index in [0.29, 0.717) is 27.3 Å². The summed E-state index contributed by atoms with van der Waals surface area (Å²) < 4.78 is 5.99. The van der Waals surface area contributed by atoms with Gasteiger partial charge in [0.2, 0.25) is 0 Å². The van der Waals surface area contributed by atoms with Gasteiger partial charge in [-0.1, -0.05) is 313 Å². The Labute approximate surface area is 575 Å². The Balaban J connectivity index is 0.000000131. The lowest BCUT2D eigenvalue weighted by Gasteiger charge is -2.37. The standard InChI is InChI=1S/C27H21ClN4O.C27H19ClN4.C27H20ClN3O/c1-19-26-23(18-29-33)30-25(28)17-24(26)32(31-19)27(20-11-5-2-6-12-20,21-13-7-3-8-14-21)22-15-9-4-10-16-22;1-19-26-23(18-29)30-25(28)17-24(26)32(31-19)27(20-11-5-2-6-12-20,21-13-7-3-8-14-21)22-15-9-4-10-16-22;1-19-26-23(18-32)29-25(28)17-24(26)31(30-19)27(20-11-5-2-6-12-20,21-13-7-3-8-14-21)22-15-9-4-10-16-22/h2-18,33H,1H3;2-17H,1H3;2-18H,1H3/b29-18+;;. The van der Waals surface area contributed by atoms with Crippen LogP contribution in [0.4, 0.5) is 0 Å². The first-order chi connectivity index (χ1) is 47.5. The number of carbonyl (C=O) groups is 1. The number of hydrogen-bond donors (Lipinski definition) is 1. The van der Waals surface area contributed by atoms with Crippen molar-refractivity contribution >= 4 is 80.0 Å². The fraction of sp³-hybridized carbons (Fsp3) is 0.0741. The Morgan fingerprint density at radius 2 is 0.598 bits per heavy atom. The van der Waals surface area contributed by atoms with E-state index in [-0.39, 0.29) is 16.0 Å². The Morgan fingerprint density at radius 1 is 0.371 bits per heavy atom. The summed E-state index contributed by atoms with van der Waals surface area (Å²) in [6.07, 6.45) is 2.03. The normalized spacial score (nSPS) is 11.6. The van der Waals surface area contributed by atoms with E-state index in [1.807, 2.05) is 205 Å². The van der Waals surface area contributed by atoms with Crippen molar-refractivity contribution in [2.45, 2.75) is 37.4 Å². The van der Waals surface area contributed by atoms with Gasteiger partial charge in [-0.2, -0.15) is 20.6 Å². The Bertz CT molecular complexity index is 5040. The summed E-state index contributed by atoms with van der Waals surface area (Å²) >= 11 is 19.2. The summed E-state index contributed by atoms with van der Waals surface area (Å²) in [5, 5.41) is 40.2. The molecule has 9 aromatic carbocycles. The number of nitrogens with zero attached hydrogens (tertiary/aromatic N) is 11. The predicted octanol–water partition coefficient (Wildman–Crippen LogP) is 18.2. The fourth-order valence-corrected chi connectivity index (χ4v) is 14.3. The highest BCUT2D eigenvalue weighted by molar-refractivity contribution is 6.31. The van der Waals surface area contributed by atoms with E-state index in [1.165, 1.54) is 6.21 Å². The number of carbonyl (C=O) groups excluding carboxylic acids is 1. The van der Waals surface area contributed by atoms with Crippen molar-refractivity contribution in [3.05, 3.63) is 391 Å². The number of pyridine rings is 3. The van der Waals surface area contributed by atoms with Crippen molar-refractivity contribution in [3.8, 4) is 6.07 Å². The summed E-state index contributed by atoms with van der Waals surface area (Å²) in [6, 6.07) is 100. The Morgan fingerprint density at radius 3 is 0.845 bits per heavy atom. The Hall–Kier alpha value is -11.7. The van der Waals surface area contributed by atoms with Gasteiger partial charge in [-0.25, -0.2) is 29.0 Å². The molecule has 0 amide bonds. The quantitative estimate of drug-likeness (QED) is 0.0278. The highest BCUT2D eigenvalue weighted by atomic mass is 35.5. The maximum atomic E-state index is 11.8. The van der Waals surface area contributed by atoms with Gasteiger partial charge in [-0.3, -0.25) is 4.79 Å². The monoisotopic (exact) mass is 1320 g/mol. The molecule has 6 aromatic heterocycles. The smallest absolute Gasteiger partial charge is 0.169 e. The van der Waals surface area contributed by atoms with Gasteiger partial charge < -0.3 is 5.21 Å². The highest BCUT2D eigenvalue weighted by Crippen LogP contribution is 2.47. The number of halogens is 3. The van der Waals surface area contributed by atoms with Crippen LogP contribution in [-0.4, -0.2) is 62.0 Å². The molecule has 6 heterocycles. The van der Waals surface area contributed by atoms with Gasteiger partial charge >= 0.3 is 0 Å². The molecule has 472 valence electrons. The van der Waals surface area contributed by atoms with Crippen LogP contribution in [0.3, 0.4) is 0 Å². The van der Waals surface area contributed by atoms with Crippen LogP contribution < -0.4 is 0 Å². The molecular formula is C81H60Cl3N11O2. The number of aldehydes is 1. The molecule has 97 heavy (non-hydrogen) atoms. The minimum Gasteiger partial charge on any atom is -0.411 e. The van der Waals surface area contributed by atoms with Gasteiger partial charge in [-0.15, -0.1) is 0 Å². The molecule has 0 saturated heterocycles. The zero-order chi connectivity index (χ0) is 67.1. The largest absolute Gasteiger partial charge is 0.411 e. The molecule has 1 N–H and O–H groups in total. The topological polar surface area (TPSA) is 166 Å². The molecule has 0 aliphatic carbocycles. The van der Waals surface area contributed by atoms with Gasteiger partial charge in [-0.05, 0) is 70.8 Å². The highest BCUT2D eigenvalue weighted by Gasteiger charge is 2.44. The van der Waals surface area contributed by atoms with Crippen LogP contribution in [0.2, 0.25) is 15.5 Å². The van der Waals surface area contributed by atoms with E-state index in [0.717, 1.165) is 95.4 Å². The fourth-order valence-electron chi connectivity index (χ4n) is 13.7. The molecule has 0 bridgehead atoms. The molecule has 0 fully saturated rings. The molecule has 0 saturated carbocycles. The molecule has 0 radical (unpaired) electrons. The summed E-state index contributed by atoms with van der Waals surface area (Å²) in [4.78, 5) is 24.7. The minimum atomic E-state index is -0.791. The van der Waals surface area contributed by atoms with E-state index in [1.54, 1.807) is 12.1 Å².